The Morgan fingerprint density at radius 2 is 2.11 bits per heavy atom. The van der Waals surface area contributed by atoms with Gasteiger partial charge in [0.25, 0.3) is 5.69 Å². The van der Waals surface area contributed by atoms with Crippen molar-refractivity contribution in [3.05, 3.63) is 34.1 Å². The van der Waals surface area contributed by atoms with Crippen LogP contribution in [0.3, 0.4) is 0 Å². The molecule has 0 radical (unpaired) electrons. The molecule has 104 valence electrons. The number of hydrogen-bond donors (Lipinski definition) is 1. The fourth-order valence-electron chi connectivity index (χ4n) is 3.02. The first kappa shape index (κ1) is 13.8. The molecule has 0 amide bonds. The second-order valence-corrected chi connectivity index (χ2v) is 6.22. The summed E-state index contributed by atoms with van der Waals surface area (Å²) in [6, 6.07) is 3.76. The topological polar surface area (TPSA) is 55.2 Å². The van der Waals surface area contributed by atoms with E-state index in [1.165, 1.54) is 12.1 Å². The number of anilines is 1. The van der Waals surface area contributed by atoms with Gasteiger partial charge < -0.3 is 5.32 Å². The zero-order chi connectivity index (χ0) is 14.2. The number of hydrogen-bond acceptors (Lipinski definition) is 3. The molecule has 0 aliphatic heterocycles. The molecule has 1 aromatic rings. The van der Waals surface area contributed by atoms with Gasteiger partial charge in [-0.25, -0.2) is 4.39 Å². The van der Waals surface area contributed by atoms with Crippen molar-refractivity contribution in [2.45, 2.75) is 39.7 Å². The average Bonchev–Trinajstić information content (AvgIpc) is 2.54. The van der Waals surface area contributed by atoms with Gasteiger partial charge in [-0.3, -0.25) is 10.1 Å². The molecule has 1 fully saturated rings. The number of nitro benzene ring substituents is 1. The number of rotatable bonds is 3. The molecule has 19 heavy (non-hydrogen) atoms. The SMILES string of the molecule is CC1CC(C)(C)CC1Nc1cc([N+](=O)[O-])ccc1F. The third-order valence-corrected chi connectivity index (χ3v) is 3.84. The van der Waals surface area contributed by atoms with Gasteiger partial charge >= 0.3 is 0 Å². The van der Waals surface area contributed by atoms with Crippen molar-refractivity contribution >= 4 is 11.4 Å². The van der Waals surface area contributed by atoms with Crippen LogP contribution in [0.5, 0.6) is 0 Å². The van der Waals surface area contributed by atoms with Gasteiger partial charge in [-0.1, -0.05) is 20.8 Å². The maximum Gasteiger partial charge on any atom is 0.271 e. The summed E-state index contributed by atoms with van der Waals surface area (Å²) < 4.78 is 13.7. The minimum atomic E-state index is -0.507. The van der Waals surface area contributed by atoms with Crippen LogP contribution in [0.15, 0.2) is 18.2 Å². The predicted octanol–water partition coefficient (Wildman–Crippen LogP) is 3.97. The Labute approximate surface area is 112 Å². The molecule has 1 aliphatic rings. The Kier molecular flexibility index (Phi) is 3.47. The first-order valence-corrected chi connectivity index (χ1v) is 6.49. The van der Waals surface area contributed by atoms with Crippen molar-refractivity contribution in [1.29, 1.82) is 0 Å². The molecule has 0 heterocycles. The van der Waals surface area contributed by atoms with Crippen molar-refractivity contribution in [2.24, 2.45) is 11.3 Å². The lowest BCUT2D eigenvalue weighted by Gasteiger charge is -2.20. The van der Waals surface area contributed by atoms with E-state index in [4.69, 9.17) is 0 Å². The highest BCUT2D eigenvalue weighted by Crippen LogP contribution is 2.42. The lowest BCUT2D eigenvalue weighted by atomic mass is 9.91. The molecule has 2 rings (SSSR count). The summed E-state index contributed by atoms with van der Waals surface area (Å²) in [5, 5.41) is 13.9. The number of halogens is 1. The van der Waals surface area contributed by atoms with Gasteiger partial charge in [0.05, 0.1) is 10.6 Å². The van der Waals surface area contributed by atoms with Gasteiger partial charge in [0, 0.05) is 18.2 Å². The molecule has 0 spiro atoms. The Hall–Kier alpha value is -1.65. The molecule has 2 atom stereocenters. The molecular formula is C14H19FN2O2. The standard InChI is InChI=1S/C14H19FN2O2/c1-9-7-14(2,3)8-13(9)16-12-6-10(17(18)19)4-5-11(12)15/h4-6,9,13,16H,7-8H2,1-3H3. The van der Waals surface area contributed by atoms with E-state index in [1.54, 1.807) is 0 Å². The predicted molar refractivity (Wildman–Crippen MR) is 72.6 cm³/mol. The monoisotopic (exact) mass is 266 g/mol. The van der Waals surface area contributed by atoms with Gasteiger partial charge in [-0.15, -0.1) is 0 Å². The summed E-state index contributed by atoms with van der Waals surface area (Å²) in [5.74, 6) is -0.0174. The van der Waals surface area contributed by atoms with Crippen molar-refractivity contribution in [2.75, 3.05) is 5.32 Å². The van der Waals surface area contributed by atoms with Crippen LogP contribution < -0.4 is 5.32 Å². The Morgan fingerprint density at radius 3 is 2.63 bits per heavy atom. The van der Waals surface area contributed by atoms with Crippen LogP contribution in [0.25, 0.3) is 0 Å². The average molecular weight is 266 g/mol. The minimum absolute atomic E-state index is 0.0891. The summed E-state index contributed by atoms with van der Waals surface area (Å²) in [6.07, 6.45) is 2.01. The lowest BCUT2D eigenvalue weighted by Crippen LogP contribution is -2.23. The van der Waals surface area contributed by atoms with Crippen molar-refractivity contribution in [3.63, 3.8) is 0 Å². The zero-order valence-electron chi connectivity index (χ0n) is 11.4. The van der Waals surface area contributed by atoms with Crippen LogP contribution in [0.4, 0.5) is 15.8 Å². The lowest BCUT2D eigenvalue weighted by molar-refractivity contribution is -0.384. The zero-order valence-corrected chi connectivity index (χ0v) is 11.4. The first-order chi connectivity index (χ1) is 8.78. The molecular weight excluding hydrogens is 247 g/mol. The molecule has 0 bridgehead atoms. The first-order valence-electron chi connectivity index (χ1n) is 6.49. The van der Waals surface area contributed by atoms with Gasteiger partial charge in [-0.2, -0.15) is 0 Å². The summed E-state index contributed by atoms with van der Waals surface area (Å²) in [7, 11) is 0. The van der Waals surface area contributed by atoms with Crippen LogP contribution in [0.1, 0.15) is 33.6 Å². The number of nitro groups is 1. The van der Waals surface area contributed by atoms with E-state index in [9.17, 15) is 14.5 Å². The smallest absolute Gasteiger partial charge is 0.271 e. The second kappa shape index (κ2) is 4.79. The van der Waals surface area contributed by atoms with Crippen LogP contribution in [0.2, 0.25) is 0 Å². The highest BCUT2D eigenvalue weighted by molar-refractivity contribution is 5.53. The van der Waals surface area contributed by atoms with Crippen LogP contribution in [0, 0.1) is 27.3 Å². The van der Waals surface area contributed by atoms with E-state index < -0.39 is 10.7 Å². The molecule has 1 saturated carbocycles. The second-order valence-electron chi connectivity index (χ2n) is 6.22. The van der Waals surface area contributed by atoms with Crippen LogP contribution >= 0.6 is 0 Å². The molecule has 0 aromatic heterocycles. The van der Waals surface area contributed by atoms with Crippen molar-refractivity contribution in [3.8, 4) is 0 Å². The van der Waals surface area contributed by atoms with E-state index in [2.05, 4.69) is 26.1 Å². The Bertz CT molecular complexity index is 502. The van der Waals surface area contributed by atoms with E-state index in [0.717, 1.165) is 18.9 Å². The fourth-order valence-corrected chi connectivity index (χ4v) is 3.02. The number of benzene rings is 1. The normalized spacial score (nSPS) is 25.3. The number of nitrogens with one attached hydrogen (secondary N) is 1. The summed E-state index contributed by atoms with van der Waals surface area (Å²) in [5.41, 5.74) is 0.367. The molecule has 1 aromatic carbocycles. The molecule has 5 heteroatoms. The highest BCUT2D eigenvalue weighted by Gasteiger charge is 2.36. The van der Waals surface area contributed by atoms with Crippen LogP contribution in [-0.4, -0.2) is 11.0 Å². The number of non-ortho nitro benzene ring substituents is 1. The Morgan fingerprint density at radius 1 is 1.42 bits per heavy atom. The van der Waals surface area contributed by atoms with E-state index in [-0.39, 0.29) is 22.8 Å². The summed E-state index contributed by atoms with van der Waals surface area (Å²) >= 11 is 0. The van der Waals surface area contributed by atoms with Crippen LogP contribution in [-0.2, 0) is 0 Å². The molecule has 4 nitrogen and oxygen atoms in total. The van der Waals surface area contributed by atoms with Crippen molar-refractivity contribution < 1.29 is 9.31 Å². The largest absolute Gasteiger partial charge is 0.379 e. The highest BCUT2D eigenvalue weighted by atomic mass is 19.1. The van der Waals surface area contributed by atoms with E-state index in [0.29, 0.717) is 5.92 Å². The third-order valence-electron chi connectivity index (χ3n) is 3.84. The maximum atomic E-state index is 13.7. The van der Waals surface area contributed by atoms with E-state index in [1.807, 2.05) is 0 Å². The molecule has 1 aliphatic carbocycles. The van der Waals surface area contributed by atoms with Gasteiger partial charge in [-0.05, 0) is 30.2 Å². The van der Waals surface area contributed by atoms with Crippen molar-refractivity contribution in [1.82, 2.24) is 0 Å². The van der Waals surface area contributed by atoms with Gasteiger partial charge in [0.2, 0.25) is 0 Å². The maximum absolute atomic E-state index is 13.7. The molecule has 0 saturated heterocycles. The summed E-state index contributed by atoms with van der Waals surface area (Å²) in [6.45, 7) is 6.51. The summed E-state index contributed by atoms with van der Waals surface area (Å²) in [4.78, 5) is 10.2. The van der Waals surface area contributed by atoms with Gasteiger partial charge in [0.15, 0.2) is 0 Å². The van der Waals surface area contributed by atoms with Gasteiger partial charge in [0.1, 0.15) is 5.82 Å². The quantitative estimate of drug-likeness (QED) is 0.665. The molecule has 2 unspecified atom stereocenters. The van der Waals surface area contributed by atoms with E-state index >= 15 is 0 Å². The number of nitrogens with zero attached hydrogens (tertiary/aromatic N) is 1. The minimum Gasteiger partial charge on any atom is -0.379 e. The third kappa shape index (κ3) is 3.03. The Balaban J connectivity index is 2.19. The molecule has 1 N–H and O–H groups in total. The fraction of sp³-hybridized carbons (Fsp3) is 0.571.